The Balaban J connectivity index is 1.33. The Kier molecular flexibility index (Phi) is 6.21. The van der Waals surface area contributed by atoms with Crippen LogP contribution < -0.4 is 14.8 Å². The van der Waals surface area contributed by atoms with Crippen molar-refractivity contribution in [3.8, 4) is 11.5 Å². The topological polar surface area (TPSA) is 67.9 Å². The Morgan fingerprint density at radius 2 is 1.76 bits per heavy atom. The van der Waals surface area contributed by atoms with Gasteiger partial charge in [0, 0.05) is 24.6 Å². The number of nitrogens with zero attached hydrogens (tertiary/aromatic N) is 1. The molecule has 174 valence electrons. The SMILES string of the molecule is COc1cccc([C@H](c2ccccc2)C2CCN(C(=O)c3ccc4c(c3)NC(=O)CO4)CC2)c1. The Labute approximate surface area is 199 Å². The Morgan fingerprint density at radius 1 is 1.00 bits per heavy atom. The van der Waals surface area contributed by atoms with Gasteiger partial charge in [0.05, 0.1) is 12.8 Å². The zero-order valence-corrected chi connectivity index (χ0v) is 19.2. The number of hydrogen-bond acceptors (Lipinski definition) is 4. The Morgan fingerprint density at radius 3 is 2.53 bits per heavy atom. The second-order valence-corrected chi connectivity index (χ2v) is 8.84. The van der Waals surface area contributed by atoms with E-state index in [2.05, 4.69) is 41.7 Å². The van der Waals surface area contributed by atoms with Gasteiger partial charge < -0.3 is 19.7 Å². The number of carbonyl (C=O) groups excluding carboxylic acids is 2. The molecule has 2 heterocycles. The van der Waals surface area contributed by atoms with E-state index in [1.165, 1.54) is 11.1 Å². The fourth-order valence-corrected chi connectivity index (χ4v) is 5.07. The molecule has 2 aliphatic rings. The highest BCUT2D eigenvalue weighted by Gasteiger charge is 2.31. The second-order valence-electron chi connectivity index (χ2n) is 8.84. The van der Waals surface area contributed by atoms with Gasteiger partial charge in [-0.2, -0.15) is 0 Å². The number of amides is 2. The summed E-state index contributed by atoms with van der Waals surface area (Å²) in [4.78, 5) is 26.8. The van der Waals surface area contributed by atoms with E-state index in [9.17, 15) is 9.59 Å². The molecule has 5 rings (SSSR count). The summed E-state index contributed by atoms with van der Waals surface area (Å²) >= 11 is 0. The third-order valence-corrected chi connectivity index (χ3v) is 6.77. The van der Waals surface area contributed by atoms with Crippen molar-refractivity contribution in [3.63, 3.8) is 0 Å². The van der Waals surface area contributed by atoms with Gasteiger partial charge in [-0.3, -0.25) is 9.59 Å². The zero-order valence-electron chi connectivity index (χ0n) is 19.2. The summed E-state index contributed by atoms with van der Waals surface area (Å²) in [6.07, 6.45) is 1.82. The molecule has 2 aliphatic heterocycles. The zero-order chi connectivity index (χ0) is 23.5. The number of nitrogens with one attached hydrogen (secondary N) is 1. The third-order valence-electron chi connectivity index (χ3n) is 6.77. The van der Waals surface area contributed by atoms with E-state index < -0.39 is 0 Å². The summed E-state index contributed by atoms with van der Waals surface area (Å²) in [7, 11) is 1.69. The first kappa shape index (κ1) is 22.0. The van der Waals surface area contributed by atoms with Crippen LogP contribution in [-0.4, -0.2) is 43.5 Å². The lowest BCUT2D eigenvalue weighted by Gasteiger charge is -2.37. The number of carbonyl (C=O) groups is 2. The van der Waals surface area contributed by atoms with Crippen LogP contribution in [0.4, 0.5) is 5.69 Å². The van der Waals surface area contributed by atoms with Crippen LogP contribution in [-0.2, 0) is 4.79 Å². The molecule has 0 saturated carbocycles. The van der Waals surface area contributed by atoms with E-state index >= 15 is 0 Å². The molecule has 34 heavy (non-hydrogen) atoms. The lowest BCUT2D eigenvalue weighted by molar-refractivity contribution is -0.118. The molecule has 6 nitrogen and oxygen atoms in total. The van der Waals surface area contributed by atoms with Crippen molar-refractivity contribution in [3.05, 3.63) is 89.5 Å². The van der Waals surface area contributed by atoms with Gasteiger partial charge in [-0.1, -0.05) is 42.5 Å². The molecule has 1 atom stereocenters. The molecule has 3 aromatic rings. The normalized spacial score (nSPS) is 16.7. The molecule has 2 amide bonds. The number of rotatable bonds is 5. The summed E-state index contributed by atoms with van der Waals surface area (Å²) in [5, 5.41) is 2.78. The van der Waals surface area contributed by atoms with Crippen molar-refractivity contribution >= 4 is 17.5 Å². The predicted octanol–water partition coefficient (Wildman–Crippen LogP) is 4.71. The molecule has 0 radical (unpaired) electrons. The van der Waals surface area contributed by atoms with Crippen LogP contribution in [0.3, 0.4) is 0 Å². The van der Waals surface area contributed by atoms with Gasteiger partial charge in [0.2, 0.25) is 0 Å². The molecule has 0 aromatic heterocycles. The van der Waals surface area contributed by atoms with Crippen LogP contribution >= 0.6 is 0 Å². The summed E-state index contributed by atoms with van der Waals surface area (Å²) in [5.74, 6) is 1.88. The molecule has 0 spiro atoms. The first-order valence-corrected chi connectivity index (χ1v) is 11.7. The predicted molar refractivity (Wildman–Crippen MR) is 130 cm³/mol. The Bertz CT molecular complexity index is 1190. The number of likely N-dealkylation sites (tertiary alicyclic amines) is 1. The van der Waals surface area contributed by atoms with E-state index in [0.717, 1.165) is 18.6 Å². The van der Waals surface area contributed by atoms with Gasteiger partial charge in [0.25, 0.3) is 11.8 Å². The quantitative estimate of drug-likeness (QED) is 0.604. The fourth-order valence-electron chi connectivity index (χ4n) is 5.07. The number of hydrogen-bond donors (Lipinski definition) is 1. The van der Waals surface area contributed by atoms with Crippen LogP contribution in [0, 0.1) is 5.92 Å². The van der Waals surface area contributed by atoms with Gasteiger partial charge in [-0.15, -0.1) is 0 Å². The van der Waals surface area contributed by atoms with Crippen LogP contribution in [0.2, 0.25) is 0 Å². The van der Waals surface area contributed by atoms with Gasteiger partial charge >= 0.3 is 0 Å². The first-order chi connectivity index (χ1) is 16.6. The minimum atomic E-state index is -0.206. The molecule has 0 bridgehead atoms. The lowest BCUT2D eigenvalue weighted by Crippen LogP contribution is -2.40. The molecule has 6 heteroatoms. The lowest BCUT2D eigenvalue weighted by atomic mass is 9.76. The highest BCUT2D eigenvalue weighted by atomic mass is 16.5. The van der Waals surface area contributed by atoms with Crippen molar-refractivity contribution in [1.29, 1.82) is 0 Å². The Hall–Kier alpha value is -3.80. The smallest absolute Gasteiger partial charge is 0.262 e. The van der Waals surface area contributed by atoms with E-state index in [1.54, 1.807) is 25.3 Å². The molecule has 0 unspecified atom stereocenters. The average molecular weight is 457 g/mol. The van der Waals surface area contributed by atoms with Crippen molar-refractivity contribution in [2.75, 3.05) is 32.1 Å². The number of ether oxygens (including phenoxy) is 2. The molecule has 3 aromatic carbocycles. The number of methoxy groups -OCH3 is 1. The minimum absolute atomic E-state index is 0.00365. The summed E-state index contributed by atoms with van der Waals surface area (Å²) in [5.41, 5.74) is 3.64. The number of benzene rings is 3. The van der Waals surface area contributed by atoms with Gasteiger partial charge in [0.1, 0.15) is 11.5 Å². The van der Waals surface area contributed by atoms with E-state index in [1.807, 2.05) is 23.1 Å². The molecular weight excluding hydrogens is 428 g/mol. The minimum Gasteiger partial charge on any atom is -0.497 e. The maximum atomic E-state index is 13.2. The second kappa shape index (κ2) is 9.59. The summed E-state index contributed by atoms with van der Waals surface area (Å²) < 4.78 is 10.9. The number of fused-ring (bicyclic) bond motifs is 1. The largest absolute Gasteiger partial charge is 0.497 e. The van der Waals surface area contributed by atoms with E-state index in [-0.39, 0.29) is 24.3 Å². The molecule has 1 N–H and O–H groups in total. The highest BCUT2D eigenvalue weighted by Crippen LogP contribution is 2.39. The van der Waals surface area contributed by atoms with Gasteiger partial charge in [-0.25, -0.2) is 0 Å². The summed E-state index contributed by atoms with van der Waals surface area (Å²) in [6.45, 7) is 1.39. The molecular formula is C28H28N2O4. The number of anilines is 1. The van der Waals surface area contributed by atoms with Crippen LogP contribution in [0.15, 0.2) is 72.8 Å². The van der Waals surface area contributed by atoms with Crippen molar-refractivity contribution in [2.24, 2.45) is 5.92 Å². The average Bonchev–Trinajstić information content (AvgIpc) is 2.89. The van der Waals surface area contributed by atoms with Crippen molar-refractivity contribution < 1.29 is 19.1 Å². The van der Waals surface area contributed by atoms with Crippen LogP contribution in [0.5, 0.6) is 11.5 Å². The maximum absolute atomic E-state index is 13.2. The third kappa shape index (κ3) is 4.49. The van der Waals surface area contributed by atoms with Crippen molar-refractivity contribution in [2.45, 2.75) is 18.8 Å². The van der Waals surface area contributed by atoms with Gasteiger partial charge in [0.15, 0.2) is 6.61 Å². The maximum Gasteiger partial charge on any atom is 0.262 e. The first-order valence-electron chi connectivity index (χ1n) is 11.7. The van der Waals surface area contributed by atoms with Gasteiger partial charge in [-0.05, 0) is 60.2 Å². The highest BCUT2D eigenvalue weighted by molar-refractivity contribution is 5.99. The summed E-state index contributed by atoms with van der Waals surface area (Å²) in [6, 6.07) is 24.1. The van der Waals surface area contributed by atoms with Crippen molar-refractivity contribution in [1.82, 2.24) is 4.90 Å². The van der Waals surface area contributed by atoms with Crippen LogP contribution in [0.25, 0.3) is 0 Å². The number of piperidine rings is 1. The molecule has 0 aliphatic carbocycles. The standard InChI is InChI=1S/C28H28N2O4/c1-33-23-9-5-8-21(16-23)27(19-6-3-2-4-7-19)20-12-14-30(15-13-20)28(32)22-10-11-25-24(17-22)29-26(31)18-34-25/h2-11,16-17,20,27H,12-15,18H2,1H3,(H,29,31)/t27-/m1/s1. The monoisotopic (exact) mass is 456 g/mol. The molecule has 1 saturated heterocycles. The van der Waals surface area contributed by atoms with E-state index in [0.29, 0.717) is 36.0 Å². The van der Waals surface area contributed by atoms with Crippen LogP contribution in [0.1, 0.15) is 40.2 Å². The molecule has 1 fully saturated rings. The fraction of sp³-hybridized carbons (Fsp3) is 0.286. The van der Waals surface area contributed by atoms with E-state index in [4.69, 9.17) is 9.47 Å².